The minimum atomic E-state index is -0.416. The summed E-state index contributed by atoms with van der Waals surface area (Å²) in [5, 5.41) is 0. The van der Waals surface area contributed by atoms with Gasteiger partial charge in [0.1, 0.15) is 0 Å². The fourth-order valence-electron chi connectivity index (χ4n) is 2.59. The number of carbonyl (C=O) groups is 2. The Morgan fingerprint density at radius 1 is 0.769 bits per heavy atom. The van der Waals surface area contributed by atoms with Crippen molar-refractivity contribution in [3.05, 3.63) is 24.3 Å². The Morgan fingerprint density at radius 3 is 1.88 bits per heavy atom. The summed E-state index contributed by atoms with van der Waals surface area (Å²) < 4.78 is 4.94. The van der Waals surface area contributed by atoms with Gasteiger partial charge in [-0.15, -0.1) is 0 Å². The highest BCUT2D eigenvalue weighted by molar-refractivity contribution is 5.86. The van der Waals surface area contributed by atoms with Crippen molar-refractivity contribution in [1.82, 2.24) is 0 Å². The average Bonchev–Trinajstić information content (AvgIpc) is 2.62. The predicted octanol–water partition coefficient (Wildman–Crippen LogP) is 6.92. The van der Waals surface area contributed by atoms with Gasteiger partial charge in [-0.2, -0.15) is 0 Å². The lowest BCUT2D eigenvalue weighted by Gasteiger charge is -2.07. The average molecular weight is 365 g/mol. The van der Waals surface area contributed by atoms with Crippen LogP contribution in [0.5, 0.6) is 0 Å². The zero-order valence-corrected chi connectivity index (χ0v) is 17.3. The van der Waals surface area contributed by atoms with E-state index in [4.69, 9.17) is 4.74 Å². The highest BCUT2D eigenvalue weighted by Gasteiger charge is 2.16. The number of esters is 2. The lowest BCUT2D eigenvalue weighted by atomic mass is 10.1. The van der Waals surface area contributed by atoms with Crippen LogP contribution in [0.2, 0.25) is 0 Å². The molecule has 0 fully saturated rings. The van der Waals surface area contributed by atoms with Gasteiger partial charge in [-0.05, 0) is 38.5 Å². The molecule has 0 aliphatic carbocycles. The SMILES string of the molecule is CCCCCCC=CCCC(=O)OC(=O)C(C)CC=CCCCCCC. The summed E-state index contributed by atoms with van der Waals surface area (Å²) in [5.74, 6) is -1.09. The maximum absolute atomic E-state index is 11.9. The smallest absolute Gasteiger partial charge is 0.316 e. The van der Waals surface area contributed by atoms with Crippen LogP contribution in [-0.4, -0.2) is 11.9 Å². The fourth-order valence-corrected chi connectivity index (χ4v) is 2.59. The van der Waals surface area contributed by atoms with Crippen molar-refractivity contribution in [2.24, 2.45) is 5.92 Å². The van der Waals surface area contributed by atoms with Gasteiger partial charge in [0.15, 0.2) is 0 Å². The standard InChI is InChI=1S/C23H40O3/c1-4-6-8-10-12-14-16-18-20-22(24)26-23(25)21(3)19-17-15-13-11-9-7-5-2/h14-17,21H,4-13,18-20H2,1-3H3. The Bertz CT molecular complexity index is 410. The Labute approximate surface area is 161 Å². The van der Waals surface area contributed by atoms with E-state index in [1.165, 1.54) is 51.4 Å². The third-order valence-corrected chi connectivity index (χ3v) is 4.40. The molecule has 0 heterocycles. The van der Waals surface area contributed by atoms with Gasteiger partial charge in [-0.1, -0.05) is 83.6 Å². The van der Waals surface area contributed by atoms with Crippen molar-refractivity contribution < 1.29 is 14.3 Å². The number of ether oxygens (including phenoxy) is 1. The molecule has 0 spiro atoms. The highest BCUT2D eigenvalue weighted by Crippen LogP contribution is 2.09. The maximum Gasteiger partial charge on any atom is 0.316 e. The fraction of sp³-hybridized carbons (Fsp3) is 0.739. The molecule has 0 aromatic heterocycles. The quantitative estimate of drug-likeness (QED) is 0.129. The molecule has 0 saturated carbocycles. The second-order valence-electron chi connectivity index (χ2n) is 7.11. The van der Waals surface area contributed by atoms with Gasteiger partial charge in [0, 0.05) is 6.42 Å². The van der Waals surface area contributed by atoms with Crippen LogP contribution in [0, 0.1) is 5.92 Å². The third kappa shape index (κ3) is 16.1. The molecular formula is C23H40O3. The minimum Gasteiger partial charge on any atom is -0.393 e. The van der Waals surface area contributed by atoms with Crippen molar-refractivity contribution in [1.29, 1.82) is 0 Å². The van der Waals surface area contributed by atoms with Crippen molar-refractivity contribution in [2.45, 2.75) is 104 Å². The van der Waals surface area contributed by atoms with Crippen LogP contribution in [0.25, 0.3) is 0 Å². The van der Waals surface area contributed by atoms with Crippen LogP contribution in [-0.2, 0) is 14.3 Å². The Morgan fingerprint density at radius 2 is 1.31 bits per heavy atom. The molecule has 0 N–H and O–H groups in total. The van der Waals surface area contributed by atoms with Crippen LogP contribution < -0.4 is 0 Å². The normalized spacial score (nSPS) is 12.7. The summed E-state index contributed by atoms with van der Waals surface area (Å²) in [4.78, 5) is 23.6. The molecule has 26 heavy (non-hydrogen) atoms. The van der Waals surface area contributed by atoms with Crippen molar-refractivity contribution in [2.75, 3.05) is 0 Å². The van der Waals surface area contributed by atoms with Crippen LogP contribution in [0.15, 0.2) is 24.3 Å². The summed E-state index contributed by atoms with van der Waals surface area (Å²) in [7, 11) is 0. The molecule has 3 heteroatoms. The van der Waals surface area contributed by atoms with Crippen LogP contribution in [0.1, 0.15) is 104 Å². The van der Waals surface area contributed by atoms with Crippen LogP contribution in [0.3, 0.4) is 0 Å². The molecule has 1 atom stereocenters. The largest absolute Gasteiger partial charge is 0.393 e. The Balaban J connectivity index is 3.74. The van der Waals surface area contributed by atoms with E-state index in [2.05, 4.69) is 26.0 Å². The molecule has 0 aromatic rings. The Hall–Kier alpha value is -1.38. The van der Waals surface area contributed by atoms with E-state index in [1.54, 1.807) is 0 Å². The van der Waals surface area contributed by atoms with Gasteiger partial charge in [0.2, 0.25) is 0 Å². The lowest BCUT2D eigenvalue weighted by molar-refractivity contribution is -0.162. The summed E-state index contributed by atoms with van der Waals surface area (Å²) in [6, 6.07) is 0. The second-order valence-corrected chi connectivity index (χ2v) is 7.11. The molecule has 0 aliphatic heterocycles. The van der Waals surface area contributed by atoms with Crippen LogP contribution in [0.4, 0.5) is 0 Å². The van der Waals surface area contributed by atoms with E-state index < -0.39 is 11.9 Å². The minimum absolute atomic E-state index is 0.264. The van der Waals surface area contributed by atoms with Gasteiger partial charge in [0.05, 0.1) is 5.92 Å². The number of rotatable bonds is 16. The monoisotopic (exact) mass is 364 g/mol. The molecule has 0 saturated heterocycles. The predicted molar refractivity (Wildman–Crippen MR) is 110 cm³/mol. The number of carbonyl (C=O) groups excluding carboxylic acids is 2. The van der Waals surface area contributed by atoms with E-state index in [1.807, 2.05) is 19.1 Å². The molecule has 0 rings (SSSR count). The molecule has 0 aromatic carbocycles. The Kier molecular flexibility index (Phi) is 17.4. The van der Waals surface area contributed by atoms with Gasteiger partial charge in [-0.3, -0.25) is 9.59 Å². The van der Waals surface area contributed by atoms with Gasteiger partial charge >= 0.3 is 11.9 Å². The van der Waals surface area contributed by atoms with E-state index in [0.717, 1.165) is 12.8 Å². The molecule has 150 valence electrons. The van der Waals surface area contributed by atoms with Gasteiger partial charge < -0.3 is 4.74 Å². The van der Waals surface area contributed by atoms with Crippen molar-refractivity contribution in [3.63, 3.8) is 0 Å². The first-order valence-corrected chi connectivity index (χ1v) is 10.7. The van der Waals surface area contributed by atoms with Crippen LogP contribution >= 0.6 is 0 Å². The number of allylic oxidation sites excluding steroid dienone is 4. The first-order chi connectivity index (χ1) is 12.6. The zero-order valence-electron chi connectivity index (χ0n) is 17.3. The first-order valence-electron chi connectivity index (χ1n) is 10.7. The van der Waals surface area contributed by atoms with Crippen molar-refractivity contribution in [3.8, 4) is 0 Å². The summed E-state index contributed by atoms with van der Waals surface area (Å²) >= 11 is 0. The highest BCUT2D eigenvalue weighted by atomic mass is 16.6. The topological polar surface area (TPSA) is 43.4 Å². The van der Waals surface area contributed by atoms with E-state index in [9.17, 15) is 9.59 Å². The summed E-state index contributed by atoms with van der Waals surface area (Å²) in [5.41, 5.74) is 0. The molecule has 0 aliphatic rings. The summed E-state index contributed by atoms with van der Waals surface area (Å²) in [6.45, 7) is 6.22. The number of hydrogen-bond donors (Lipinski definition) is 0. The van der Waals surface area contributed by atoms with Gasteiger partial charge in [0.25, 0.3) is 0 Å². The molecule has 1 unspecified atom stereocenters. The molecule has 0 amide bonds. The van der Waals surface area contributed by atoms with E-state index in [0.29, 0.717) is 12.8 Å². The van der Waals surface area contributed by atoms with E-state index in [-0.39, 0.29) is 12.3 Å². The molecule has 3 nitrogen and oxygen atoms in total. The van der Waals surface area contributed by atoms with Gasteiger partial charge in [-0.25, -0.2) is 0 Å². The number of unbranched alkanes of at least 4 members (excludes halogenated alkanes) is 8. The molecule has 0 bridgehead atoms. The molecular weight excluding hydrogens is 324 g/mol. The maximum atomic E-state index is 11.9. The van der Waals surface area contributed by atoms with E-state index >= 15 is 0 Å². The second kappa shape index (κ2) is 18.4. The lowest BCUT2D eigenvalue weighted by Crippen LogP contribution is -2.18. The molecule has 0 radical (unpaired) electrons. The summed E-state index contributed by atoms with van der Waals surface area (Å²) in [6.07, 6.45) is 22.0. The third-order valence-electron chi connectivity index (χ3n) is 4.40. The zero-order chi connectivity index (χ0) is 19.5. The first kappa shape index (κ1) is 24.6. The van der Waals surface area contributed by atoms with Crippen molar-refractivity contribution >= 4 is 11.9 Å². The number of hydrogen-bond acceptors (Lipinski definition) is 3.